The van der Waals surface area contributed by atoms with Gasteiger partial charge in [-0.25, -0.2) is 5.48 Å². The van der Waals surface area contributed by atoms with E-state index in [1.165, 1.54) is 0 Å². The highest BCUT2D eigenvalue weighted by Crippen LogP contribution is 2.39. The smallest absolute Gasteiger partial charge is 0.243 e. The van der Waals surface area contributed by atoms with Gasteiger partial charge in [0, 0.05) is 51.0 Å². The van der Waals surface area contributed by atoms with Gasteiger partial charge in [-0.05, 0) is 34.2 Å². The van der Waals surface area contributed by atoms with Crippen LogP contribution in [0.15, 0.2) is 72.8 Å². The van der Waals surface area contributed by atoms with Crippen LogP contribution in [-0.4, -0.2) is 66.0 Å². The fourth-order valence-electron chi connectivity index (χ4n) is 5.63. The van der Waals surface area contributed by atoms with E-state index >= 15 is 0 Å². The van der Waals surface area contributed by atoms with Crippen LogP contribution in [0.2, 0.25) is 0 Å². The van der Waals surface area contributed by atoms with Crippen LogP contribution in [0.4, 0.5) is 0 Å². The van der Waals surface area contributed by atoms with Gasteiger partial charge in [0.05, 0.1) is 32.0 Å². The Labute approximate surface area is 257 Å². The first-order valence-corrected chi connectivity index (χ1v) is 15.2. The number of amides is 2. The van der Waals surface area contributed by atoms with Gasteiger partial charge in [-0.2, -0.15) is 0 Å². The van der Waals surface area contributed by atoms with E-state index < -0.39 is 12.2 Å². The minimum Gasteiger partial charge on any atom is -0.392 e. The minimum atomic E-state index is -0.534. The highest BCUT2D eigenvalue weighted by atomic mass is 16.7. The van der Waals surface area contributed by atoms with Crippen LogP contribution in [-0.2, 0) is 37.0 Å². The van der Waals surface area contributed by atoms with Crippen molar-refractivity contribution in [3.8, 4) is 11.1 Å². The molecule has 0 radical (unpaired) electrons. The summed E-state index contributed by atoms with van der Waals surface area (Å²) in [6.45, 7) is 4.40. The highest BCUT2D eigenvalue weighted by Gasteiger charge is 2.33. The Morgan fingerprint density at radius 2 is 1.57 bits per heavy atom. The molecule has 2 fully saturated rings. The Bertz CT molecular complexity index is 1360. The fourth-order valence-corrected chi connectivity index (χ4v) is 5.63. The van der Waals surface area contributed by atoms with Crippen LogP contribution in [0, 0.1) is 0 Å². The second kappa shape index (κ2) is 15.9. The average molecular weight is 604 g/mol. The lowest BCUT2D eigenvalue weighted by molar-refractivity contribution is -0.253. The summed E-state index contributed by atoms with van der Waals surface area (Å²) >= 11 is 0. The molecule has 3 aromatic carbocycles. The number of nitrogens with one attached hydrogen (secondary N) is 2. The van der Waals surface area contributed by atoms with Gasteiger partial charge in [-0.3, -0.25) is 19.7 Å². The van der Waals surface area contributed by atoms with Crippen molar-refractivity contribution in [2.24, 2.45) is 0 Å². The van der Waals surface area contributed by atoms with E-state index in [9.17, 15) is 14.7 Å². The third-order valence-electron chi connectivity index (χ3n) is 8.10. The number of rotatable bonds is 12. The number of benzene rings is 3. The first kappa shape index (κ1) is 31.8. The molecular formula is C34H41N3O7. The molecule has 10 heteroatoms. The lowest BCUT2D eigenvalue weighted by Gasteiger charge is -2.39. The zero-order chi connectivity index (χ0) is 30.7. The van der Waals surface area contributed by atoms with E-state index in [0.29, 0.717) is 13.0 Å². The second-order valence-electron chi connectivity index (χ2n) is 11.2. The summed E-state index contributed by atoms with van der Waals surface area (Å²) in [4.78, 5) is 25.9. The van der Waals surface area contributed by atoms with E-state index in [1.807, 2.05) is 72.8 Å². The zero-order valence-corrected chi connectivity index (χ0v) is 24.8. The Morgan fingerprint density at radius 1 is 0.864 bits per heavy atom. The number of carbonyl (C=O) groups is 2. The van der Waals surface area contributed by atoms with Crippen molar-refractivity contribution < 1.29 is 34.1 Å². The van der Waals surface area contributed by atoms with Gasteiger partial charge < -0.3 is 24.6 Å². The van der Waals surface area contributed by atoms with E-state index in [4.69, 9.17) is 19.4 Å². The number of hydrogen-bond acceptors (Lipinski definition) is 8. The topological polar surface area (TPSA) is 130 Å². The average Bonchev–Trinajstić information content (AvgIpc) is 3.08. The molecule has 0 aliphatic carbocycles. The van der Waals surface area contributed by atoms with E-state index in [0.717, 1.165) is 72.6 Å². The maximum Gasteiger partial charge on any atom is 0.243 e. The van der Waals surface area contributed by atoms with Crippen molar-refractivity contribution in [3.05, 3.63) is 95.1 Å². The third kappa shape index (κ3) is 8.72. The number of aliphatic hydroxyl groups is 1. The largest absolute Gasteiger partial charge is 0.392 e. The van der Waals surface area contributed by atoms with Crippen LogP contribution in [0.25, 0.3) is 11.1 Å². The molecule has 0 aromatic heterocycles. The summed E-state index contributed by atoms with van der Waals surface area (Å²) in [6, 6.07) is 24.0. The van der Waals surface area contributed by atoms with E-state index in [1.54, 1.807) is 5.48 Å². The Hall–Kier alpha value is -3.64. The number of ether oxygens (including phenoxy) is 3. The van der Waals surface area contributed by atoms with Crippen molar-refractivity contribution >= 4 is 11.8 Å². The molecule has 10 nitrogen and oxygen atoms in total. The summed E-state index contributed by atoms with van der Waals surface area (Å²) < 4.78 is 18.6. The van der Waals surface area contributed by atoms with Crippen molar-refractivity contribution in [3.63, 3.8) is 0 Å². The molecule has 2 aliphatic heterocycles. The van der Waals surface area contributed by atoms with Crippen molar-refractivity contribution in [1.82, 2.24) is 15.7 Å². The van der Waals surface area contributed by atoms with Crippen LogP contribution >= 0.6 is 0 Å². The molecule has 2 aliphatic rings. The monoisotopic (exact) mass is 603 g/mol. The van der Waals surface area contributed by atoms with Crippen LogP contribution in [0.5, 0.6) is 0 Å². The molecule has 3 unspecified atom stereocenters. The van der Waals surface area contributed by atoms with Crippen LogP contribution in [0.3, 0.4) is 0 Å². The molecule has 234 valence electrons. The molecule has 44 heavy (non-hydrogen) atoms. The van der Waals surface area contributed by atoms with E-state index in [-0.39, 0.29) is 37.6 Å². The second-order valence-corrected chi connectivity index (χ2v) is 11.2. The molecule has 3 aromatic rings. The SMILES string of the molecule is O=C(CCCC(=O)NCc1ccccc1-c1ccc(C2OC(CN3CCOCC3)CC(c3ccc(CO)cc3)O2)cc1)NO. The van der Waals surface area contributed by atoms with Crippen LogP contribution < -0.4 is 10.8 Å². The summed E-state index contributed by atoms with van der Waals surface area (Å²) in [7, 11) is 0. The van der Waals surface area contributed by atoms with Gasteiger partial charge in [0.1, 0.15) is 0 Å². The van der Waals surface area contributed by atoms with Crippen molar-refractivity contribution in [1.29, 1.82) is 0 Å². The lowest BCUT2D eigenvalue weighted by Crippen LogP contribution is -2.44. The first-order valence-electron chi connectivity index (χ1n) is 15.2. The van der Waals surface area contributed by atoms with Crippen molar-refractivity contribution in [2.75, 3.05) is 32.8 Å². The normalized spacial score (nSPS) is 20.6. The summed E-state index contributed by atoms with van der Waals surface area (Å²) in [5.41, 5.74) is 7.43. The molecule has 0 saturated carbocycles. The number of nitrogens with zero attached hydrogens (tertiary/aromatic N) is 1. The van der Waals surface area contributed by atoms with Gasteiger partial charge in [0.25, 0.3) is 0 Å². The molecule has 2 amide bonds. The molecular weight excluding hydrogens is 562 g/mol. The van der Waals surface area contributed by atoms with Gasteiger partial charge >= 0.3 is 0 Å². The molecule has 2 heterocycles. The molecule has 0 spiro atoms. The Kier molecular flexibility index (Phi) is 11.5. The molecule has 4 N–H and O–H groups in total. The summed E-state index contributed by atoms with van der Waals surface area (Å²) in [5, 5.41) is 21.0. The molecule has 0 bridgehead atoms. The Morgan fingerprint density at radius 3 is 2.30 bits per heavy atom. The number of hydroxylamine groups is 1. The van der Waals surface area contributed by atoms with E-state index in [2.05, 4.69) is 10.2 Å². The maximum absolute atomic E-state index is 12.3. The zero-order valence-electron chi connectivity index (χ0n) is 24.8. The van der Waals surface area contributed by atoms with Crippen molar-refractivity contribution in [2.45, 2.75) is 57.3 Å². The van der Waals surface area contributed by atoms with Gasteiger partial charge in [0.2, 0.25) is 11.8 Å². The predicted octanol–water partition coefficient (Wildman–Crippen LogP) is 4.02. The quantitative estimate of drug-likeness (QED) is 0.181. The Balaban J connectivity index is 1.27. The molecule has 3 atom stereocenters. The van der Waals surface area contributed by atoms with Crippen LogP contribution in [0.1, 0.15) is 60.3 Å². The number of morpholine rings is 1. The number of carbonyl (C=O) groups excluding carboxylic acids is 2. The fraction of sp³-hybridized carbons (Fsp3) is 0.412. The predicted molar refractivity (Wildman–Crippen MR) is 163 cm³/mol. The van der Waals surface area contributed by atoms with Gasteiger partial charge in [0.15, 0.2) is 6.29 Å². The van der Waals surface area contributed by atoms with Gasteiger partial charge in [-0.15, -0.1) is 0 Å². The number of hydrogen-bond donors (Lipinski definition) is 4. The molecule has 2 saturated heterocycles. The standard InChI is InChI=1S/C34H41N3O7/c38-23-24-8-10-26(11-9-24)31-20-29(22-37-16-18-42-19-17-37)43-34(44-31)27-14-12-25(13-15-27)30-5-2-1-4-28(30)21-35-32(39)6-3-7-33(40)36-41/h1-2,4-5,8-15,29,31,34,38,41H,3,6-7,16-23H2,(H,35,39)(H,36,40). The third-order valence-corrected chi connectivity index (χ3v) is 8.10. The summed E-state index contributed by atoms with van der Waals surface area (Å²) in [5.74, 6) is -0.657. The van der Waals surface area contributed by atoms with Gasteiger partial charge in [-0.1, -0.05) is 72.8 Å². The number of aliphatic hydroxyl groups excluding tert-OH is 1. The lowest BCUT2D eigenvalue weighted by atomic mass is 9.97. The first-order chi connectivity index (χ1) is 21.5. The highest BCUT2D eigenvalue weighted by molar-refractivity contribution is 5.78. The maximum atomic E-state index is 12.3. The summed E-state index contributed by atoms with van der Waals surface area (Å²) in [6.07, 6.45) is 0.684. The minimum absolute atomic E-state index is 0.00451. The molecule has 5 rings (SSSR count).